The molecule has 0 saturated carbocycles. The highest BCUT2D eigenvalue weighted by Crippen LogP contribution is 2.25. The van der Waals surface area contributed by atoms with Gasteiger partial charge >= 0.3 is 0 Å². The minimum absolute atomic E-state index is 0.170. The smallest absolute Gasteiger partial charge is 0.0788 e. The van der Waals surface area contributed by atoms with Crippen LogP contribution in [0.3, 0.4) is 0 Å². The first kappa shape index (κ1) is 18.0. The summed E-state index contributed by atoms with van der Waals surface area (Å²) in [7, 11) is 0. The van der Waals surface area contributed by atoms with E-state index >= 15 is 0 Å². The molecule has 1 aliphatic rings. The number of hydrogen-bond acceptors (Lipinski definition) is 1. The Morgan fingerprint density at radius 2 is 1.52 bits per heavy atom. The van der Waals surface area contributed by atoms with Gasteiger partial charge in [-0.15, -0.1) is 0 Å². The van der Waals surface area contributed by atoms with E-state index in [0.29, 0.717) is 0 Å². The molecule has 1 nitrogen and oxygen atoms in total. The first-order valence-electron chi connectivity index (χ1n) is 8.22. The van der Waals surface area contributed by atoms with Gasteiger partial charge in [0, 0.05) is 5.92 Å². The monoisotopic (exact) mass is 288 g/mol. The number of aliphatic hydroxyl groups is 1. The molecule has 0 aliphatic heterocycles. The van der Waals surface area contributed by atoms with Gasteiger partial charge in [0.1, 0.15) is 0 Å². The summed E-state index contributed by atoms with van der Waals surface area (Å²) >= 11 is 0. The fourth-order valence-electron chi connectivity index (χ4n) is 2.88. The van der Waals surface area contributed by atoms with Crippen molar-refractivity contribution in [3.63, 3.8) is 0 Å². The van der Waals surface area contributed by atoms with Gasteiger partial charge in [-0.05, 0) is 66.2 Å². The third-order valence-corrected chi connectivity index (χ3v) is 4.41. The fourth-order valence-corrected chi connectivity index (χ4v) is 2.88. The summed E-state index contributed by atoms with van der Waals surface area (Å²) in [5.74, 6) is 0.170. The van der Waals surface area contributed by atoms with Crippen molar-refractivity contribution in [2.45, 2.75) is 72.3 Å². The van der Waals surface area contributed by atoms with Crippen LogP contribution in [0.15, 0.2) is 47.1 Å². The standard InChI is InChI=1S/C20H32O/c1-15(2)19-13-12-17(4)10-6-8-16(3)9-7-11-18(5)14-20(19)21/h9-10,14,19-21H,1,6-8,11-13H2,2-5H3/b16-9-,17-10+,18-14+/t19-,20-/m1/s1. The molecule has 0 bridgehead atoms. The number of rotatable bonds is 1. The van der Waals surface area contributed by atoms with Crippen molar-refractivity contribution in [3.8, 4) is 0 Å². The lowest BCUT2D eigenvalue weighted by Crippen LogP contribution is -2.19. The Labute approximate surface area is 131 Å². The Bertz CT molecular complexity index is 437. The number of aliphatic hydroxyl groups excluding tert-OH is 1. The maximum atomic E-state index is 10.5. The van der Waals surface area contributed by atoms with Crippen LogP contribution in [-0.2, 0) is 0 Å². The van der Waals surface area contributed by atoms with E-state index in [9.17, 15) is 5.11 Å². The van der Waals surface area contributed by atoms with E-state index in [4.69, 9.17) is 0 Å². The molecule has 0 aromatic heterocycles. The van der Waals surface area contributed by atoms with Crippen molar-refractivity contribution in [1.82, 2.24) is 0 Å². The molecule has 1 rings (SSSR count). The van der Waals surface area contributed by atoms with Gasteiger partial charge in [0.15, 0.2) is 0 Å². The average molecular weight is 288 g/mol. The highest BCUT2D eigenvalue weighted by molar-refractivity contribution is 5.13. The van der Waals surface area contributed by atoms with Crippen molar-refractivity contribution >= 4 is 0 Å². The summed E-state index contributed by atoms with van der Waals surface area (Å²) < 4.78 is 0. The second-order valence-electron chi connectivity index (χ2n) is 6.67. The van der Waals surface area contributed by atoms with Gasteiger partial charge in [0.05, 0.1) is 6.10 Å². The summed E-state index contributed by atoms with van der Waals surface area (Å²) in [6.45, 7) is 12.7. The molecule has 0 aromatic rings. The molecular formula is C20H32O. The zero-order chi connectivity index (χ0) is 15.8. The third kappa shape index (κ3) is 6.95. The Hall–Kier alpha value is -1.08. The summed E-state index contributed by atoms with van der Waals surface area (Å²) in [6.07, 6.45) is 12.8. The molecule has 0 aromatic carbocycles. The van der Waals surface area contributed by atoms with Crippen molar-refractivity contribution in [3.05, 3.63) is 47.1 Å². The molecule has 1 heteroatoms. The minimum Gasteiger partial charge on any atom is -0.388 e. The molecule has 0 radical (unpaired) electrons. The number of hydrogen-bond donors (Lipinski definition) is 1. The lowest BCUT2D eigenvalue weighted by atomic mass is 9.87. The normalized spacial score (nSPS) is 33.7. The van der Waals surface area contributed by atoms with Crippen LogP contribution in [-0.4, -0.2) is 11.2 Å². The molecule has 0 saturated heterocycles. The summed E-state index contributed by atoms with van der Waals surface area (Å²) in [5, 5.41) is 10.5. The quantitative estimate of drug-likeness (QED) is 0.611. The van der Waals surface area contributed by atoms with Crippen molar-refractivity contribution in [2.75, 3.05) is 0 Å². The highest BCUT2D eigenvalue weighted by atomic mass is 16.3. The van der Waals surface area contributed by atoms with Gasteiger partial charge in [-0.2, -0.15) is 0 Å². The van der Waals surface area contributed by atoms with Crippen molar-refractivity contribution < 1.29 is 5.11 Å². The van der Waals surface area contributed by atoms with Gasteiger partial charge in [-0.1, -0.05) is 47.1 Å². The van der Waals surface area contributed by atoms with Crippen LogP contribution >= 0.6 is 0 Å². The van der Waals surface area contributed by atoms with E-state index in [2.05, 4.69) is 39.5 Å². The first-order chi connectivity index (χ1) is 9.90. The molecular weight excluding hydrogens is 256 g/mol. The zero-order valence-corrected chi connectivity index (χ0v) is 14.3. The molecule has 1 N–H and O–H groups in total. The molecule has 0 heterocycles. The molecule has 118 valence electrons. The van der Waals surface area contributed by atoms with Crippen LogP contribution < -0.4 is 0 Å². The summed E-state index contributed by atoms with van der Waals surface area (Å²) in [6, 6.07) is 0. The van der Waals surface area contributed by atoms with Crippen LogP contribution in [0.2, 0.25) is 0 Å². The van der Waals surface area contributed by atoms with E-state index < -0.39 is 6.10 Å². The Morgan fingerprint density at radius 1 is 1.00 bits per heavy atom. The SMILES string of the molecule is C=C(C)[C@H]1CC/C(C)=C/CC/C(C)=C\CC/C(C)=C/[C@H]1O. The Balaban J connectivity index is 2.90. The van der Waals surface area contributed by atoms with E-state index in [1.54, 1.807) is 0 Å². The molecule has 0 amide bonds. The van der Waals surface area contributed by atoms with Crippen molar-refractivity contribution in [1.29, 1.82) is 0 Å². The molecule has 2 atom stereocenters. The Kier molecular flexibility index (Phi) is 7.74. The van der Waals surface area contributed by atoms with Gasteiger partial charge < -0.3 is 5.11 Å². The van der Waals surface area contributed by atoms with E-state index in [-0.39, 0.29) is 5.92 Å². The molecule has 0 unspecified atom stereocenters. The van der Waals surface area contributed by atoms with E-state index in [0.717, 1.165) is 44.1 Å². The molecule has 0 fully saturated rings. The maximum absolute atomic E-state index is 10.5. The van der Waals surface area contributed by atoms with Gasteiger partial charge in [-0.25, -0.2) is 0 Å². The van der Waals surface area contributed by atoms with E-state index in [1.807, 2.05) is 13.0 Å². The molecule has 1 aliphatic carbocycles. The predicted molar refractivity (Wildman–Crippen MR) is 93.3 cm³/mol. The zero-order valence-electron chi connectivity index (χ0n) is 14.3. The minimum atomic E-state index is -0.400. The fraction of sp³-hybridized carbons (Fsp3) is 0.600. The van der Waals surface area contributed by atoms with Crippen LogP contribution in [0.25, 0.3) is 0 Å². The van der Waals surface area contributed by atoms with Crippen LogP contribution in [0, 0.1) is 5.92 Å². The maximum Gasteiger partial charge on any atom is 0.0788 e. The second kappa shape index (κ2) is 9.04. The average Bonchev–Trinajstić information content (AvgIpc) is 2.37. The van der Waals surface area contributed by atoms with E-state index in [1.165, 1.54) is 16.7 Å². The lowest BCUT2D eigenvalue weighted by Gasteiger charge is -2.22. The van der Waals surface area contributed by atoms with Gasteiger partial charge in [0.2, 0.25) is 0 Å². The molecule has 0 spiro atoms. The van der Waals surface area contributed by atoms with Crippen LogP contribution in [0.1, 0.15) is 66.2 Å². The predicted octanol–water partition coefficient (Wildman–Crippen LogP) is 5.73. The van der Waals surface area contributed by atoms with Crippen molar-refractivity contribution in [2.24, 2.45) is 5.92 Å². The van der Waals surface area contributed by atoms with Gasteiger partial charge in [0.25, 0.3) is 0 Å². The number of allylic oxidation sites excluding steroid dienone is 5. The van der Waals surface area contributed by atoms with Crippen LogP contribution in [0.5, 0.6) is 0 Å². The Morgan fingerprint density at radius 3 is 2.10 bits per heavy atom. The summed E-state index contributed by atoms with van der Waals surface area (Å²) in [5.41, 5.74) is 5.27. The third-order valence-electron chi connectivity index (χ3n) is 4.41. The largest absolute Gasteiger partial charge is 0.388 e. The highest BCUT2D eigenvalue weighted by Gasteiger charge is 2.18. The van der Waals surface area contributed by atoms with Gasteiger partial charge in [-0.3, -0.25) is 0 Å². The van der Waals surface area contributed by atoms with Crippen LogP contribution in [0.4, 0.5) is 0 Å². The first-order valence-corrected chi connectivity index (χ1v) is 8.22. The topological polar surface area (TPSA) is 20.2 Å². The lowest BCUT2D eigenvalue weighted by molar-refractivity contribution is 0.165. The second-order valence-corrected chi connectivity index (χ2v) is 6.67. The molecule has 21 heavy (non-hydrogen) atoms. The summed E-state index contributed by atoms with van der Waals surface area (Å²) in [4.78, 5) is 0.